The van der Waals surface area contributed by atoms with Crippen LogP contribution in [0.5, 0.6) is 0 Å². The normalized spacial score (nSPS) is 12.8. The third-order valence-electron chi connectivity index (χ3n) is 3.51. The molecule has 3 rings (SSSR count). The number of fused-ring (bicyclic) bond motifs is 1. The van der Waals surface area contributed by atoms with Crippen LogP contribution >= 0.6 is 0 Å². The number of amides is 1. The summed E-state index contributed by atoms with van der Waals surface area (Å²) in [6.45, 7) is 0.0593. The largest absolute Gasteiger partial charge is 0.405 e. The standard InChI is InChI=1S/C15H14F3N7O/c1-8(14(26)22-6-15(16,17)18)24-11-2-3-20-13(25-11)10-5-21-12-9(10)4-19-7-23-12/h2-5,7-8H,6H2,1H3,(H,22,26)(H,19,21,23)(H,20,24,25)/p+1/t8-/m0/s1. The predicted octanol–water partition coefficient (Wildman–Crippen LogP) is 1.31. The quantitative estimate of drug-likeness (QED) is 0.631. The Hall–Kier alpha value is -3.24. The van der Waals surface area contributed by atoms with Gasteiger partial charge in [-0.3, -0.25) is 4.79 Å². The van der Waals surface area contributed by atoms with E-state index < -0.39 is 24.7 Å². The summed E-state index contributed by atoms with van der Waals surface area (Å²) in [4.78, 5) is 30.3. The molecular weight excluding hydrogens is 351 g/mol. The summed E-state index contributed by atoms with van der Waals surface area (Å²) in [5.74, 6) is -0.0918. The van der Waals surface area contributed by atoms with Crippen LogP contribution in [0.3, 0.4) is 0 Å². The lowest BCUT2D eigenvalue weighted by molar-refractivity contribution is -0.380. The fourth-order valence-corrected chi connectivity index (χ4v) is 2.28. The lowest BCUT2D eigenvalue weighted by Gasteiger charge is -2.15. The van der Waals surface area contributed by atoms with E-state index in [1.54, 1.807) is 12.4 Å². The number of halogens is 3. The Balaban J connectivity index is 1.74. The monoisotopic (exact) mass is 366 g/mol. The van der Waals surface area contributed by atoms with Gasteiger partial charge in [0.2, 0.25) is 5.91 Å². The highest BCUT2D eigenvalue weighted by atomic mass is 19.4. The van der Waals surface area contributed by atoms with Crippen molar-refractivity contribution in [2.45, 2.75) is 19.1 Å². The Morgan fingerprint density at radius 3 is 2.96 bits per heavy atom. The molecule has 0 unspecified atom stereocenters. The van der Waals surface area contributed by atoms with Crippen molar-refractivity contribution in [3.63, 3.8) is 0 Å². The second-order valence-electron chi connectivity index (χ2n) is 5.50. The van der Waals surface area contributed by atoms with Crippen molar-refractivity contribution >= 4 is 22.8 Å². The van der Waals surface area contributed by atoms with Crippen molar-refractivity contribution in [2.24, 2.45) is 0 Å². The molecule has 26 heavy (non-hydrogen) atoms. The van der Waals surface area contributed by atoms with E-state index in [1.165, 1.54) is 25.5 Å². The molecule has 8 nitrogen and oxygen atoms in total. The summed E-state index contributed by atoms with van der Waals surface area (Å²) in [6.07, 6.45) is 2.00. The first-order valence-electron chi connectivity index (χ1n) is 7.61. The van der Waals surface area contributed by atoms with Crippen LogP contribution < -0.4 is 15.6 Å². The second-order valence-corrected chi connectivity index (χ2v) is 5.50. The molecule has 0 aromatic carbocycles. The van der Waals surface area contributed by atoms with Crippen molar-refractivity contribution in [1.29, 1.82) is 0 Å². The molecule has 0 bridgehead atoms. The third kappa shape index (κ3) is 4.05. The van der Waals surface area contributed by atoms with Gasteiger partial charge in [-0.25, -0.2) is 15.0 Å². The minimum atomic E-state index is -4.46. The fraction of sp³-hybridized carbons (Fsp3) is 0.267. The van der Waals surface area contributed by atoms with Gasteiger partial charge in [-0.15, -0.1) is 0 Å². The number of hydrogen-bond donors (Lipinski definition) is 3. The SMILES string of the molecule is C[C@H](Nc1ccnc(-c2c[nH]c3nc[nH+]cc23)n1)C(=O)NCC(F)(F)F. The Kier molecular flexibility index (Phi) is 4.69. The summed E-state index contributed by atoms with van der Waals surface area (Å²) in [6, 6.07) is 0.619. The minimum Gasteiger partial charge on any atom is -0.359 e. The van der Waals surface area contributed by atoms with Crippen LogP contribution in [0.15, 0.2) is 31.0 Å². The maximum Gasteiger partial charge on any atom is 0.405 e. The molecular formula is C15H15F3N7O+. The second kappa shape index (κ2) is 6.94. The Morgan fingerprint density at radius 1 is 1.38 bits per heavy atom. The van der Waals surface area contributed by atoms with Crippen LogP contribution in [0.4, 0.5) is 19.0 Å². The fourth-order valence-electron chi connectivity index (χ4n) is 2.28. The Morgan fingerprint density at radius 2 is 2.19 bits per heavy atom. The smallest absolute Gasteiger partial charge is 0.359 e. The average molecular weight is 366 g/mol. The van der Waals surface area contributed by atoms with E-state index in [0.717, 1.165) is 5.39 Å². The molecule has 0 saturated heterocycles. The van der Waals surface area contributed by atoms with E-state index in [4.69, 9.17) is 0 Å². The number of anilines is 1. The Bertz CT molecular complexity index is 925. The van der Waals surface area contributed by atoms with E-state index in [2.05, 4.69) is 30.2 Å². The average Bonchev–Trinajstić information content (AvgIpc) is 3.03. The highest BCUT2D eigenvalue weighted by Crippen LogP contribution is 2.24. The van der Waals surface area contributed by atoms with Crippen molar-refractivity contribution in [3.8, 4) is 11.4 Å². The van der Waals surface area contributed by atoms with Gasteiger partial charge in [0.15, 0.2) is 5.82 Å². The molecule has 4 N–H and O–H groups in total. The molecule has 0 aliphatic heterocycles. The van der Waals surface area contributed by atoms with Crippen LogP contribution in [-0.2, 0) is 4.79 Å². The van der Waals surface area contributed by atoms with Gasteiger partial charge in [0, 0.05) is 12.4 Å². The highest BCUT2D eigenvalue weighted by molar-refractivity contribution is 5.90. The number of alkyl halides is 3. The molecule has 1 atom stereocenters. The maximum absolute atomic E-state index is 12.2. The molecule has 1 amide bonds. The lowest BCUT2D eigenvalue weighted by Crippen LogP contribution is -2.42. The maximum atomic E-state index is 12.2. The van der Waals surface area contributed by atoms with Crippen LogP contribution in [0.25, 0.3) is 22.4 Å². The van der Waals surface area contributed by atoms with Gasteiger partial charge in [0.1, 0.15) is 24.6 Å². The van der Waals surface area contributed by atoms with Crippen molar-refractivity contribution in [1.82, 2.24) is 25.3 Å². The molecule has 11 heteroatoms. The summed E-state index contributed by atoms with van der Waals surface area (Å²) < 4.78 is 36.5. The molecule has 0 radical (unpaired) electrons. The van der Waals surface area contributed by atoms with E-state index >= 15 is 0 Å². The highest BCUT2D eigenvalue weighted by Gasteiger charge is 2.28. The molecule has 0 spiro atoms. The van der Waals surface area contributed by atoms with Gasteiger partial charge >= 0.3 is 6.18 Å². The lowest BCUT2D eigenvalue weighted by atomic mass is 10.2. The van der Waals surface area contributed by atoms with Gasteiger partial charge in [0.05, 0.1) is 10.9 Å². The van der Waals surface area contributed by atoms with Gasteiger partial charge in [-0.2, -0.15) is 13.2 Å². The number of hydrogen-bond acceptors (Lipinski definition) is 5. The zero-order chi connectivity index (χ0) is 18.7. The first-order valence-corrected chi connectivity index (χ1v) is 7.61. The van der Waals surface area contributed by atoms with Gasteiger partial charge in [0.25, 0.3) is 12.0 Å². The van der Waals surface area contributed by atoms with E-state index in [9.17, 15) is 18.0 Å². The Labute approximate surface area is 145 Å². The van der Waals surface area contributed by atoms with Gasteiger partial charge in [-0.1, -0.05) is 0 Å². The third-order valence-corrected chi connectivity index (χ3v) is 3.51. The van der Waals surface area contributed by atoms with E-state index in [1.807, 2.05) is 5.32 Å². The minimum absolute atomic E-state index is 0.312. The number of nitrogens with one attached hydrogen (secondary N) is 4. The number of nitrogens with zero attached hydrogens (tertiary/aromatic N) is 3. The number of carbonyl (C=O) groups is 1. The van der Waals surface area contributed by atoms with Crippen molar-refractivity contribution < 1.29 is 22.9 Å². The molecule has 3 aromatic rings. The summed E-state index contributed by atoms with van der Waals surface area (Å²) in [7, 11) is 0. The summed E-state index contributed by atoms with van der Waals surface area (Å²) in [5, 5.41) is 5.36. The van der Waals surface area contributed by atoms with Gasteiger partial charge < -0.3 is 15.6 Å². The molecule has 0 aliphatic rings. The van der Waals surface area contributed by atoms with Crippen molar-refractivity contribution in [3.05, 3.63) is 31.0 Å². The molecule has 0 aliphatic carbocycles. The van der Waals surface area contributed by atoms with Crippen LogP contribution in [0.2, 0.25) is 0 Å². The van der Waals surface area contributed by atoms with E-state index in [-0.39, 0.29) is 0 Å². The van der Waals surface area contributed by atoms with E-state index in [0.29, 0.717) is 22.9 Å². The molecule has 3 aromatic heterocycles. The predicted molar refractivity (Wildman–Crippen MR) is 85.8 cm³/mol. The first-order chi connectivity index (χ1) is 12.3. The number of aromatic nitrogens is 5. The van der Waals surface area contributed by atoms with Crippen LogP contribution in [0.1, 0.15) is 6.92 Å². The van der Waals surface area contributed by atoms with Crippen LogP contribution in [-0.4, -0.2) is 44.6 Å². The molecule has 136 valence electrons. The topological polar surface area (TPSA) is 110 Å². The van der Waals surface area contributed by atoms with Crippen molar-refractivity contribution in [2.75, 3.05) is 11.9 Å². The number of rotatable bonds is 5. The first kappa shape index (κ1) is 17.6. The number of carbonyl (C=O) groups excluding carboxylic acids is 1. The van der Waals surface area contributed by atoms with Gasteiger partial charge in [-0.05, 0) is 18.0 Å². The summed E-state index contributed by atoms with van der Waals surface area (Å²) in [5.41, 5.74) is 1.35. The number of aromatic amines is 2. The van der Waals surface area contributed by atoms with Crippen LogP contribution in [0, 0.1) is 0 Å². The summed E-state index contributed by atoms with van der Waals surface area (Å²) >= 11 is 0. The zero-order valence-electron chi connectivity index (χ0n) is 13.6. The zero-order valence-corrected chi connectivity index (χ0v) is 13.6. The molecule has 0 fully saturated rings. The number of H-pyrrole nitrogens is 2. The molecule has 0 saturated carbocycles. The molecule has 3 heterocycles.